The summed E-state index contributed by atoms with van der Waals surface area (Å²) in [5.74, 6) is 0.702. The molecule has 0 fully saturated rings. The molecule has 8 heteroatoms. The summed E-state index contributed by atoms with van der Waals surface area (Å²) in [6, 6.07) is 0. The van der Waals surface area contributed by atoms with Crippen LogP contribution < -0.4 is 4.90 Å². The van der Waals surface area contributed by atoms with Gasteiger partial charge in [-0.15, -0.1) is 0 Å². The van der Waals surface area contributed by atoms with Gasteiger partial charge in [-0.2, -0.15) is 4.98 Å². The number of nitrogens with zero attached hydrogens (tertiary/aromatic N) is 3. The Bertz CT molecular complexity index is 556. The molecular weight excluding hydrogens is 258 g/mol. The molecule has 0 bridgehead atoms. The van der Waals surface area contributed by atoms with E-state index in [0.717, 1.165) is 15.7 Å². The third-order valence-electron chi connectivity index (χ3n) is 2.07. The summed E-state index contributed by atoms with van der Waals surface area (Å²) in [5, 5.41) is 6.62. The second kappa shape index (κ2) is 4.94. The quantitative estimate of drug-likeness (QED) is 0.830. The van der Waals surface area contributed by atoms with Crippen LogP contribution in [0.25, 0.3) is 10.7 Å². The number of H-pyrrole nitrogens is 2. The number of thiazole rings is 1. The first kappa shape index (κ1) is 12.2. The number of hydrogen-bond donors (Lipinski definition) is 2. The number of hydrogen-bond acceptors (Lipinski definition) is 6. The van der Waals surface area contributed by atoms with Crippen molar-refractivity contribution in [2.45, 2.75) is 6.61 Å². The van der Waals surface area contributed by atoms with Crippen LogP contribution in [0.4, 0.5) is 5.13 Å². The molecule has 0 aliphatic heterocycles. The molecule has 0 unspecified atom stereocenters. The highest BCUT2D eigenvalue weighted by Crippen LogP contribution is 2.32. The van der Waals surface area contributed by atoms with Crippen molar-refractivity contribution in [3.63, 3.8) is 0 Å². The van der Waals surface area contributed by atoms with Gasteiger partial charge in [0.15, 0.2) is 11.0 Å². The first-order chi connectivity index (χ1) is 8.11. The average Bonchev–Trinajstić information content (AvgIpc) is 2.85. The van der Waals surface area contributed by atoms with Gasteiger partial charge in [0.1, 0.15) is 0 Å². The summed E-state index contributed by atoms with van der Waals surface area (Å²) in [4.78, 5) is 11.6. The predicted molar refractivity (Wildman–Crippen MR) is 69.9 cm³/mol. The van der Waals surface area contributed by atoms with Crippen molar-refractivity contribution in [2.24, 2.45) is 0 Å². The maximum atomic E-state index is 5.14. The van der Waals surface area contributed by atoms with E-state index in [1.807, 2.05) is 19.0 Å². The summed E-state index contributed by atoms with van der Waals surface area (Å²) < 4.78 is 5.57. The molecule has 6 nitrogen and oxygen atoms in total. The average molecular weight is 271 g/mol. The lowest BCUT2D eigenvalue weighted by atomic mass is 10.3. The Hall–Kier alpha value is -1.25. The Morgan fingerprint density at radius 3 is 2.65 bits per heavy atom. The van der Waals surface area contributed by atoms with Gasteiger partial charge in [0.25, 0.3) is 0 Å². The number of aromatic nitrogens is 4. The molecule has 0 amide bonds. The van der Waals surface area contributed by atoms with Crippen molar-refractivity contribution in [2.75, 3.05) is 26.1 Å². The molecule has 0 radical (unpaired) electrons. The Morgan fingerprint density at radius 1 is 1.35 bits per heavy atom. The van der Waals surface area contributed by atoms with Crippen LogP contribution in [-0.2, 0) is 11.3 Å². The molecule has 2 N–H and O–H groups in total. The highest BCUT2D eigenvalue weighted by atomic mass is 32.1. The Balaban J connectivity index is 2.47. The molecule has 0 saturated heterocycles. The molecule has 2 heterocycles. The summed E-state index contributed by atoms with van der Waals surface area (Å²) in [6.07, 6.45) is 0. The lowest BCUT2D eigenvalue weighted by molar-refractivity contribution is 0.182. The van der Waals surface area contributed by atoms with Crippen LogP contribution in [-0.4, -0.2) is 41.4 Å². The van der Waals surface area contributed by atoms with Crippen LogP contribution in [0.3, 0.4) is 0 Å². The number of aromatic amines is 2. The van der Waals surface area contributed by atoms with Crippen molar-refractivity contribution in [1.29, 1.82) is 0 Å². The second-order valence-corrected chi connectivity index (χ2v) is 4.98. The molecular formula is C9H13N5OS2. The first-order valence-corrected chi connectivity index (χ1v) is 6.15. The van der Waals surface area contributed by atoms with E-state index in [1.165, 1.54) is 0 Å². The van der Waals surface area contributed by atoms with E-state index in [9.17, 15) is 0 Å². The van der Waals surface area contributed by atoms with Crippen LogP contribution in [0.5, 0.6) is 0 Å². The minimum absolute atomic E-state index is 0.433. The van der Waals surface area contributed by atoms with E-state index >= 15 is 0 Å². The zero-order valence-electron chi connectivity index (χ0n) is 9.77. The van der Waals surface area contributed by atoms with Gasteiger partial charge in [-0.3, -0.25) is 10.2 Å². The lowest BCUT2D eigenvalue weighted by Gasteiger charge is -2.05. The fraction of sp³-hybridized carbons (Fsp3) is 0.444. The first-order valence-electron chi connectivity index (χ1n) is 4.93. The smallest absolute Gasteiger partial charge is 0.213 e. The molecule has 0 atom stereocenters. The standard InChI is InChI=1S/C9H13N5OS2/c1-14(2)9-10-5(4-15-3)6(17-9)7-11-8(16)13-12-7/h4H2,1-3H3,(H2,11,12,13,16). The van der Waals surface area contributed by atoms with Crippen molar-refractivity contribution in [1.82, 2.24) is 20.2 Å². The molecule has 2 aromatic rings. The molecule has 2 rings (SSSR count). The number of rotatable bonds is 4. The summed E-state index contributed by atoms with van der Waals surface area (Å²) in [7, 11) is 5.54. The minimum atomic E-state index is 0.433. The fourth-order valence-corrected chi connectivity index (χ4v) is 2.41. The molecule has 92 valence electrons. The Labute approximate surface area is 108 Å². The van der Waals surface area contributed by atoms with Gasteiger partial charge in [0.2, 0.25) is 4.77 Å². The third kappa shape index (κ3) is 2.54. The number of ether oxygens (including phenoxy) is 1. The maximum absolute atomic E-state index is 5.14. The van der Waals surface area contributed by atoms with E-state index in [1.54, 1.807) is 18.4 Å². The summed E-state index contributed by atoms with van der Waals surface area (Å²) in [6.45, 7) is 0.452. The van der Waals surface area contributed by atoms with Crippen molar-refractivity contribution in [3.8, 4) is 10.7 Å². The highest BCUT2D eigenvalue weighted by Gasteiger charge is 2.16. The maximum Gasteiger partial charge on any atom is 0.213 e. The minimum Gasteiger partial charge on any atom is -0.378 e. The molecule has 0 saturated carbocycles. The molecule has 0 aliphatic carbocycles. The molecule has 0 aliphatic rings. The van der Waals surface area contributed by atoms with E-state index in [2.05, 4.69) is 20.2 Å². The van der Waals surface area contributed by atoms with Gasteiger partial charge in [-0.05, 0) is 12.2 Å². The SMILES string of the molecule is COCc1nc(N(C)C)sc1-c1nc(=S)[nH][nH]1. The number of anilines is 1. The van der Waals surface area contributed by atoms with Crippen molar-refractivity contribution < 1.29 is 4.74 Å². The van der Waals surface area contributed by atoms with E-state index < -0.39 is 0 Å². The second-order valence-electron chi connectivity index (χ2n) is 3.62. The highest BCUT2D eigenvalue weighted by molar-refractivity contribution is 7.71. The Morgan fingerprint density at radius 2 is 2.12 bits per heavy atom. The topological polar surface area (TPSA) is 69.8 Å². The summed E-state index contributed by atoms with van der Waals surface area (Å²) >= 11 is 6.49. The van der Waals surface area contributed by atoms with Gasteiger partial charge in [0.05, 0.1) is 17.2 Å². The van der Waals surface area contributed by atoms with E-state index in [4.69, 9.17) is 17.0 Å². The summed E-state index contributed by atoms with van der Waals surface area (Å²) in [5.41, 5.74) is 0.860. The van der Waals surface area contributed by atoms with Crippen LogP contribution in [0.1, 0.15) is 5.69 Å². The fourth-order valence-electron chi connectivity index (χ4n) is 1.33. The van der Waals surface area contributed by atoms with Gasteiger partial charge in [0, 0.05) is 21.2 Å². The van der Waals surface area contributed by atoms with Gasteiger partial charge >= 0.3 is 0 Å². The normalized spacial score (nSPS) is 10.8. The molecule has 2 aromatic heterocycles. The zero-order chi connectivity index (χ0) is 12.4. The predicted octanol–water partition coefficient (Wildman–Crippen LogP) is 1.80. The number of nitrogens with one attached hydrogen (secondary N) is 2. The zero-order valence-corrected chi connectivity index (χ0v) is 11.4. The van der Waals surface area contributed by atoms with Gasteiger partial charge in [-0.1, -0.05) is 11.3 Å². The van der Waals surface area contributed by atoms with Crippen LogP contribution >= 0.6 is 23.6 Å². The van der Waals surface area contributed by atoms with E-state index in [-0.39, 0.29) is 0 Å². The van der Waals surface area contributed by atoms with Crippen molar-refractivity contribution in [3.05, 3.63) is 10.5 Å². The van der Waals surface area contributed by atoms with Crippen molar-refractivity contribution >= 4 is 28.7 Å². The largest absolute Gasteiger partial charge is 0.378 e. The monoisotopic (exact) mass is 271 g/mol. The molecule has 0 aromatic carbocycles. The lowest BCUT2D eigenvalue weighted by Crippen LogP contribution is -2.08. The van der Waals surface area contributed by atoms with Gasteiger partial charge < -0.3 is 9.64 Å². The number of methoxy groups -OCH3 is 1. The van der Waals surface area contributed by atoms with Crippen LogP contribution in [0, 0.1) is 4.77 Å². The molecule has 0 spiro atoms. The Kier molecular flexibility index (Phi) is 3.55. The molecule has 17 heavy (non-hydrogen) atoms. The van der Waals surface area contributed by atoms with Gasteiger partial charge in [-0.25, -0.2) is 4.98 Å². The van der Waals surface area contributed by atoms with E-state index in [0.29, 0.717) is 17.2 Å². The third-order valence-corrected chi connectivity index (χ3v) is 3.53. The van der Waals surface area contributed by atoms with Crippen LogP contribution in [0.15, 0.2) is 0 Å². The van der Waals surface area contributed by atoms with Crippen LogP contribution in [0.2, 0.25) is 0 Å².